The summed E-state index contributed by atoms with van der Waals surface area (Å²) in [5, 5.41) is 0. The van der Waals surface area contributed by atoms with E-state index >= 15 is 0 Å². The molecule has 2 aromatic carbocycles. The van der Waals surface area contributed by atoms with Crippen LogP contribution < -0.4 is 9.64 Å². The fourth-order valence-electron chi connectivity index (χ4n) is 3.18. The van der Waals surface area contributed by atoms with E-state index < -0.39 is 5.97 Å². The van der Waals surface area contributed by atoms with Crippen LogP contribution in [0.2, 0.25) is 0 Å². The van der Waals surface area contributed by atoms with Gasteiger partial charge in [0.15, 0.2) is 0 Å². The Kier molecular flexibility index (Phi) is 6.80. The first kappa shape index (κ1) is 21.0. The molecule has 0 bridgehead atoms. The lowest BCUT2D eigenvalue weighted by Crippen LogP contribution is -2.31. The van der Waals surface area contributed by atoms with Gasteiger partial charge in [-0.2, -0.15) is 0 Å². The molecular weight excluding hydrogens is 380 g/mol. The Hall–Kier alpha value is -3.67. The second-order valence-electron chi connectivity index (χ2n) is 6.67. The van der Waals surface area contributed by atoms with Crippen molar-refractivity contribution in [2.75, 3.05) is 18.6 Å². The topological polar surface area (TPSA) is 68.7 Å². The molecule has 0 aliphatic heterocycles. The van der Waals surface area contributed by atoms with Crippen molar-refractivity contribution in [3.63, 3.8) is 0 Å². The zero-order valence-electron chi connectivity index (χ0n) is 17.3. The van der Waals surface area contributed by atoms with E-state index in [-0.39, 0.29) is 5.91 Å². The van der Waals surface area contributed by atoms with Gasteiger partial charge in [0, 0.05) is 18.1 Å². The first-order valence-corrected chi connectivity index (χ1v) is 9.66. The van der Waals surface area contributed by atoms with E-state index in [1.165, 1.54) is 0 Å². The maximum atomic E-state index is 13.5. The summed E-state index contributed by atoms with van der Waals surface area (Å²) in [6, 6.07) is 16.0. The number of aromatic nitrogens is 1. The van der Waals surface area contributed by atoms with Crippen LogP contribution in [0.5, 0.6) is 5.75 Å². The van der Waals surface area contributed by atoms with Crippen LogP contribution in [0.1, 0.15) is 38.8 Å². The third kappa shape index (κ3) is 4.66. The van der Waals surface area contributed by atoms with E-state index in [0.29, 0.717) is 35.7 Å². The van der Waals surface area contributed by atoms with Gasteiger partial charge in [-0.15, -0.1) is 0 Å². The average Bonchev–Trinajstić information content (AvgIpc) is 2.78. The molecule has 0 saturated carbocycles. The lowest BCUT2D eigenvalue weighted by Gasteiger charge is -2.24. The number of benzene rings is 2. The van der Waals surface area contributed by atoms with E-state index in [1.54, 1.807) is 61.7 Å². The minimum Gasteiger partial charge on any atom is -0.496 e. The van der Waals surface area contributed by atoms with Crippen molar-refractivity contribution in [2.45, 2.75) is 20.4 Å². The average molecular weight is 404 g/mol. The molecule has 0 spiro atoms. The maximum Gasteiger partial charge on any atom is 0.338 e. The second kappa shape index (κ2) is 9.69. The molecule has 154 valence electrons. The predicted octanol–water partition coefficient (Wildman–Crippen LogP) is 4.42. The third-order valence-electron chi connectivity index (χ3n) is 4.67. The fourth-order valence-corrected chi connectivity index (χ4v) is 3.18. The van der Waals surface area contributed by atoms with Crippen molar-refractivity contribution in [2.24, 2.45) is 0 Å². The van der Waals surface area contributed by atoms with Crippen LogP contribution in [0.15, 0.2) is 67.0 Å². The number of pyridine rings is 1. The van der Waals surface area contributed by atoms with Crippen LogP contribution in [-0.4, -0.2) is 30.6 Å². The Morgan fingerprint density at radius 3 is 2.33 bits per heavy atom. The number of anilines is 1. The van der Waals surface area contributed by atoms with E-state index in [4.69, 9.17) is 9.47 Å². The fraction of sp³-hybridized carbons (Fsp3) is 0.208. The molecule has 0 unspecified atom stereocenters. The normalized spacial score (nSPS) is 10.4. The summed E-state index contributed by atoms with van der Waals surface area (Å²) >= 11 is 0. The van der Waals surface area contributed by atoms with Crippen LogP contribution in [0, 0.1) is 6.92 Å². The summed E-state index contributed by atoms with van der Waals surface area (Å²) in [6.45, 7) is 4.31. The Bertz CT molecular complexity index is 1020. The van der Waals surface area contributed by atoms with E-state index in [0.717, 1.165) is 11.1 Å². The molecule has 1 amide bonds. The van der Waals surface area contributed by atoms with Crippen molar-refractivity contribution in [3.8, 4) is 5.75 Å². The lowest BCUT2D eigenvalue weighted by molar-refractivity contribution is 0.0526. The number of ether oxygens (including phenoxy) is 2. The molecule has 1 heterocycles. The molecule has 0 aliphatic carbocycles. The van der Waals surface area contributed by atoms with Gasteiger partial charge in [0.25, 0.3) is 5.91 Å². The molecule has 6 heteroatoms. The minimum absolute atomic E-state index is 0.198. The Morgan fingerprint density at radius 1 is 1.00 bits per heavy atom. The summed E-state index contributed by atoms with van der Waals surface area (Å²) < 4.78 is 10.5. The van der Waals surface area contributed by atoms with Crippen LogP contribution in [0.25, 0.3) is 0 Å². The standard InChI is InChI=1S/C24H24N2O4/c1-4-30-24(28)19-8-10-20(11-9-19)26(16-18-12-14-25-15-13-18)23(27)21-7-5-6-17(2)22(21)29-3/h5-15H,4,16H2,1-3H3. The summed E-state index contributed by atoms with van der Waals surface area (Å²) in [4.78, 5) is 31.2. The van der Waals surface area contributed by atoms with Crippen LogP contribution >= 0.6 is 0 Å². The Morgan fingerprint density at radius 2 is 1.70 bits per heavy atom. The van der Waals surface area contributed by atoms with Crippen molar-refractivity contribution in [1.29, 1.82) is 0 Å². The monoisotopic (exact) mass is 404 g/mol. The highest BCUT2D eigenvalue weighted by Crippen LogP contribution is 2.28. The molecule has 30 heavy (non-hydrogen) atoms. The summed E-state index contributed by atoms with van der Waals surface area (Å²) in [7, 11) is 1.56. The highest BCUT2D eigenvalue weighted by atomic mass is 16.5. The largest absolute Gasteiger partial charge is 0.496 e. The van der Waals surface area contributed by atoms with Crippen LogP contribution in [0.3, 0.4) is 0 Å². The number of methoxy groups -OCH3 is 1. The molecular formula is C24H24N2O4. The quantitative estimate of drug-likeness (QED) is 0.545. The lowest BCUT2D eigenvalue weighted by atomic mass is 10.1. The molecule has 3 rings (SSSR count). The van der Waals surface area contributed by atoms with Crippen molar-refractivity contribution in [1.82, 2.24) is 4.98 Å². The zero-order valence-corrected chi connectivity index (χ0v) is 17.3. The maximum absolute atomic E-state index is 13.5. The van der Waals surface area contributed by atoms with Gasteiger partial charge < -0.3 is 14.4 Å². The number of esters is 1. The smallest absolute Gasteiger partial charge is 0.338 e. The van der Waals surface area contributed by atoms with Gasteiger partial charge in [-0.05, 0) is 67.4 Å². The third-order valence-corrected chi connectivity index (χ3v) is 4.67. The summed E-state index contributed by atoms with van der Waals surface area (Å²) in [5.41, 5.74) is 3.38. The number of rotatable bonds is 7. The predicted molar refractivity (Wildman–Crippen MR) is 115 cm³/mol. The van der Waals surface area contributed by atoms with Crippen molar-refractivity contribution < 1.29 is 19.1 Å². The van der Waals surface area contributed by atoms with Gasteiger partial charge in [0.2, 0.25) is 0 Å². The van der Waals surface area contributed by atoms with Gasteiger partial charge >= 0.3 is 5.97 Å². The molecule has 0 saturated heterocycles. The first-order chi connectivity index (χ1) is 14.5. The Labute approximate surface area is 176 Å². The van der Waals surface area contributed by atoms with E-state index in [2.05, 4.69) is 4.98 Å². The number of nitrogens with zero attached hydrogens (tertiary/aromatic N) is 2. The molecule has 0 aliphatic rings. The number of para-hydroxylation sites is 1. The molecule has 0 atom stereocenters. The molecule has 0 radical (unpaired) electrons. The zero-order chi connectivity index (χ0) is 21.5. The molecule has 3 aromatic rings. The first-order valence-electron chi connectivity index (χ1n) is 9.66. The van der Waals surface area contributed by atoms with Crippen LogP contribution in [-0.2, 0) is 11.3 Å². The Balaban J connectivity index is 2.00. The van der Waals surface area contributed by atoms with Gasteiger partial charge in [-0.1, -0.05) is 12.1 Å². The minimum atomic E-state index is -0.392. The van der Waals surface area contributed by atoms with Gasteiger partial charge in [-0.25, -0.2) is 4.79 Å². The number of hydrogen-bond donors (Lipinski definition) is 0. The van der Waals surface area contributed by atoms with Gasteiger partial charge in [0.1, 0.15) is 5.75 Å². The molecule has 0 fully saturated rings. The van der Waals surface area contributed by atoms with E-state index in [9.17, 15) is 9.59 Å². The second-order valence-corrected chi connectivity index (χ2v) is 6.67. The number of aryl methyl sites for hydroxylation is 1. The molecule has 6 nitrogen and oxygen atoms in total. The number of hydrogen-bond acceptors (Lipinski definition) is 5. The number of carbonyl (C=O) groups excluding carboxylic acids is 2. The van der Waals surface area contributed by atoms with Crippen LogP contribution in [0.4, 0.5) is 5.69 Å². The number of carbonyl (C=O) groups is 2. The van der Waals surface area contributed by atoms with E-state index in [1.807, 2.05) is 31.2 Å². The van der Waals surface area contributed by atoms with Gasteiger partial charge in [-0.3, -0.25) is 9.78 Å². The summed E-state index contributed by atoms with van der Waals surface area (Å²) in [6.07, 6.45) is 3.38. The highest BCUT2D eigenvalue weighted by molar-refractivity contribution is 6.08. The number of amides is 1. The SMILES string of the molecule is CCOC(=O)c1ccc(N(Cc2ccncc2)C(=O)c2cccc(C)c2OC)cc1. The molecule has 1 aromatic heterocycles. The van der Waals surface area contributed by atoms with Crippen molar-refractivity contribution >= 4 is 17.6 Å². The van der Waals surface area contributed by atoms with Crippen molar-refractivity contribution in [3.05, 3.63) is 89.2 Å². The van der Waals surface area contributed by atoms with Gasteiger partial charge in [0.05, 0.1) is 31.4 Å². The highest BCUT2D eigenvalue weighted by Gasteiger charge is 2.23. The summed E-state index contributed by atoms with van der Waals surface area (Å²) in [5.74, 6) is -0.0435. The molecule has 0 N–H and O–H groups in total.